The molecule has 2 saturated heterocycles. The number of hydrogen-bond donors (Lipinski definition) is 3. The Morgan fingerprint density at radius 3 is 2.61 bits per heavy atom. The molecule has 0 saturated carbocycles. The second-order valence-corrected chi connectivity index (χ2v) is 13.0. The monoisotopic (exact) mass is 641 g/mol. The zero-order valence-corrected chi connectivity index (χ0v) is 27.0. The van der Waals surface area contributed by atoms with Gasteiger partial charge in [-0.25, -0.2) is 4.98 Å². The van der Waals surface area contributed by atoms with Gasteiger partial charge in [0.1, 0.15) is 5.02 Å². The summed E-state index contributed by atoms with van der Waals surface area (Å²) in [7, 11) is 3.67. The summed E-state index contributed by atoms with van der Waals surface area (Å²) >= 11 is 6.65. The van der Waals surface area contributed by atoms with Gasteiger partial charge in [0.2, 0.25) is 23.7 Å². The Bertz CT molecular complexity index is 1910. The van der Waals surface area contributed by atoms with Crippen molar-refractivity contribution in [1.29, 1.82) is 0 Å². The molecule has 0 aliphatic carbocycles. The van der Waals surface area contributed by atoms with Crippen LogP contribution in [-0.2, 0) is 27.9 Å². The Morgan fingerprint density at radius 2 is 1.83 bits per heavy atom. The molecule has 12 nitrogen and oxygen atoms in total. The Labute approximate surface area is 271 Å². The average molecular weight is 642 g/mol. The van der Waals surface area contributed by atoms with E-state index >= 15 is 0 Å². The van der Waals surface area contributed by atoms with Gasteiger partial charge in [0.15, 0.2) is 5.82 Å². The standard InChI is InChI=1S/C33H36ClN9O3/c1-17-16-43(33-35-18(2)29(34)31(39-33)37-20-6-9-25-19(13-20)14-28(45)41(25)3)12-11-24(17)36-21-5-7-22-26(15-21)42(4)40-30(22)23-8-10-27(44)38-32(23)46/h5-7,9,13,15,17,23-24,36H,8,10-12,14,16H2,1-4H3,(H,35,37,39)(H,38,44,46)/t17-,23?,24-/m1/s1. The summed E-state index contributed by atoms with van der Waals surface area (Å²) in [5.74, 6) is 0.589. The lowest BCUT2D eigenvalue weighted by atomic mass is 9.92. The van der Waals surface area contributed by atoms with Crippen LogP contribution in [0.1, 0.15) is 49.1 Å². The number of carbonyl (C=O) groups excluding carboxylic acids is 3. The molecule has 3 aliphatic rings. The van der Waals surface area contributed by atoms with Gasteiger partial charge in [0.25, 0.3) is 0 Å². The number of likely N-dealkylation sites (N-methyl/N-ethyl adjacent to an activating group) is 1. The Morgan fingerprint density at radius 1 is 1.02 bits per heavy atom. The molecule has 0 radical (unpaired) electrons. The maximum atomic E-state index is 12.5. The molecular weight excluding hydrogens is 606 g/mol. The van der Waals surface area contributed by atoms with E-state index in [0.717, 1.165) is 53.0 Å². The van der Waals surface area contributed by atoms with Crippen LogP contribution in [0.3, 0.4) is 0 Å². The van der Waals surface area contributed by atoms with Crippen LogP contribution >= 0.6 is 11.6 Å². The number of anilines is 5. The number of halogens is 1. The zero-order chi connectivity index (χ0) is 32.3. The largest absolute Gasteiger partial charge is 0.382 e. The maximum Gasteiger partial charge on any atom is 0.235 e. The topological polar surface area (TPSA) is 137 Å². The number of amides is 3. The molecule has 0 spiro atoms. The quantitative estimate of drug-likeness (QED) is 0.261. The third-order valence-corrected chi connectivity index (χ3v) is 9.87. The van der Waals surface area contributed by atoms with Crippen molar-refractivity contribution in [3.63, 3.8) is 0 Å². The normalized spacial score (nSPS) is 21.5. The summed E-state index contributed by atoms with van der Waals surface area (Å²) in [6.07, 6.45) is 2.05. The summed E-state index contributed by atoms with van der Waals surface area (Å²) in [5.41, 5.74) is 6.04. The van der Waals surface area contributed by atoms with E-state index in [0.29, 0.717) is 47.4 Å². The van der Waals surface area contributed by atoms with Crippen molar-refractivity contribution in [1.82, 2.24) is 25.1 Å². The molecule has 13 heteroatoms. The highest BCUT2D eigenvalue weighted by molar-refractivity contribution is 6.33. The Kier molecular flexibility index (Phi) is 7.54. The van der Waals surface area contributed by atoms with Gasteiger partial charge in [0.05, 0.1) is 29.2 Å². The van der Waals surface area contributed by atoms with Crippen molar-refractivity contribution in [3.8, 4) is 0 Å². The minimum Gasteiger partial charge on any atom is -0.382 e. The molecule has 3 atom stereocenters. The lowest BCUT2D eigenvalue weighted by Crippen LogP contribution is -2.46. The van der Waals surface area contributed by atoms with Crippen LogP contribution in [0.15, 0.2) is 36.4 Å². The third kappa shape index (κ3) is 5.40. The first-order chi connectivity index (χ1) is 22.0. The van der Waals surface area contributed by atoms with Gasteiger partial charge >= 0.3 is 0 Å². The molecule has 3 N–H and O–H groups in total. The Hall–Kier alpha value is -4.71. The van der Waals surface area contributed by atoms with Gasteiger partial charge in [-0.2, -0.15) is 10.1 Å². The molecule has 2 aromatic heterocycles. The highest BCUT2D eigenvalue weighted by atomic mass is 35.5. The minimum absolute atomic E-state index is 0.0776. The van der Waals surface area contributed by atoms with Crippen molar-refractivity contribution >= 4 is 69.1 Å². The number of aromatic nitrogens is 4. The van der Waals surface area contributed by atoms with Crippen LogP contribution in [0.4, 0.5) is 28.8 Å². The van der Waals surface area contributed by atoms with Gasteiger partial charge in [-0.05, 0) is 67.6 Å². The third-order valence-electron chi connectivity index (χ3n) is 9.41. The van der Waals surface area contributed by atoms with Crippen molar-refractivity contribution in [2.75, 3.05) is 40.6 Å². The molecule has 238 valence electrons. The number of imide groups is 1. The molecular formula is C33H36ClN9O3. The lowest BCUT2D eigenvalue weighted by Gasteiger charge is -2.38. The highest BCUT2D eigenvalue weighted by Crippen LogP contribution is 2.35. The van der Waals surface area contributed by atoms with Crippen LogP contribution in [0.25, 0.3) is 10.9 Å². The molecule has 2 fully saturated rings. The average Bonchev–Trinajstić information content (AvgIpc) is 3.50. The fourth-order valence-electron chi connectivity index (χ4n) is 6.80. The molecule has 5 heterocycles. The maximum absolute atomic E-state index is 12.5. The molecule has 3 amide bonds. The van der Waals surface area contributed by atoms with E-state index in [4.69, 9.17) is 21.6 Å². The van der Waals surface area contributed by atoms with Gasteiger partial charge in [-0.15, -0.1) is 0 Å². The van der Waals surface area contributed by atoms with E-state index < -0.39 is 5.92 Å². The molecule has 3 aliphatic heterocycles. The number of nitrogens with zero attached hydrogens (tertiary/aromatic N) is 6. The molecule has 46 heavy (non-hydrogen) atoms. The van der Waals surface area contributed by atoms with Crippen molar-refractivity contribution in [2.24, 2.45) is 13.0 Å². The van der Waals surface area contributed by atoms with Crippen LogP contribution in [-0.4, -0.2) is 63.6 Å². The summed E-state index contributed by atoms with van der Waals surface area (Å²) < 4.78 is 1.80. The number of nitrogens with one attached hydrogen (secondary N) is 3. The van der Waals surface area contributed by atoms with Crippen LogP contribution in [0.2, 0.25) is 5.02 Å². The number of benzene rings is 2. The molecule has 4 aromatic rings. The summed E-state index contributed by atoms with van der Waals surface area (Å²) in [6.45, 7) is 5.63. The first kappa shape index (κ1) is 30.0. The number of fused-ring (bicyclic) bond motifs is 2. The van der Waals surface area contributed by atoms with E-state index in [1.807, 2.05) is 44.3 Å². The van der Waals surface area contributed by atoms with Crippen molar-refractivity contribution in [2.45, 2.75) is 51.5 Å². The van der Waals surface area contributed by atoms with Crippen LogP contribution < -0.4 is 25.8 Å². The fraction of sp³-hybridized carbons (Fsp3) is 0.394. The number of rotatable bonds is 6. The Balaban J connectivity index is 1.04. The second-order valence-electron chi connectivity index (χ2n) is 12.6. The van der Waals surface area contributed by atoms with E-state index in [1.54, 1.807) is 16.6 Å². The minimum atomic E-state index is -0.430. The van der Waals surface area contributed by atoms with E-state index in [1.165, 1.54) is 0 Å². The first-order valence-electron chi connectivity index (χ1n) is 15.6. The van der Waals surface area contributed by atoms with Gasteiger partial charge in [-0.1, -0.05) is 18.5 Å². The van der Waals surface area contributed by atoms with Gasteiger partial charge < -0.3 is 20.4 Å². The predicted molar refractivity (Wildman–Crippen MR) is 178 cm³/mol. The summed E-state index contributed by atoms with van der Waals surface area (Å²) in [4.78, 5) is 49.7. The van der Waals surface area contributed by atoms with E-state index in [9.17, 15) is 14.4 Å². The van der Waals surface area contributed by atoms with Gasteiger partial charge in [0, 0.05) is 62.1 Å². The number of aryl methyl sites for hydroxylation is 2. The van der Waals surface area contributed by atoms with Crippen molar-refractivity contribution in [3.05, 3.63) is 58.4 Å². The summed E-state index contributed by atoms with van der Waals surface area (Å²) in [5, 5.41) is 15.6. The zero-order valence-electron chi connectivity index (χ0n) is 26.2. The fourth-order valence-corrected chi connectivity index (χ4v) is 6.93. The molecule has 1 unspecified atom stereocenters. The number of hydrogen-bond acceptors (Lipinski definition) is 9. The smallest absolute Gasteiger partial charge is 0.235 e. The second kappa shape index (κ2) is 11.6. The summed E-state index contributed by atoms with van der Waals surface area (Å²) in [6, 6.07) is 12.2. The van der Waals surface area contributed by atoms with Gasteiger partial charge in [-0.3, -0.25) is 24.4 Å². The first-order valence-corrected chi connectivity index (χ1v) is 16.0. The lowest BCUT2D eigenvalue weighted by molar-refractivity contribution is -0.134. The molecule has 7 rings (SSSR count). The molecule has 2 aromatic carbocycles. The molecule has 0 bridgehead atoms. The van der Waals surface area contributed by atoms with Crippen LogP contribution in [0, 0.1) is 12.8 Å². The van der Waals surface area contributed by atoms with E-state index in [-0.39, 0.29) is 29.7 Å². The SMILES string of the molecule is Cc1nc(N2CC[C@@H](Nc3ccc4c(C5CCC(=O)NC5=O)nn(C)c4c3)[C@H](C)C2)nc(Nc2ccc3c(c2)CC(=O)N3C)c1Cl. The van der Waals surface area contributed by atoms with Crippen LogP contribution in [0.5, 0.6) is 0 Å². The number of carbonyl (C=O) groups is 3. The predicted octanol–water partition coefficient (Wildman–Crippen LogP) is 4.43. The van der Waals surface area contributed by atoms with Crippen molar-refractivity contribution < 1.29 is 14.4 Å². The number of piperidine rings is 2. The highest BCUT2D eigenvalue weighted by Gasteiger charge is 2.32. The van der Waals surface area contributed by atoms with E-state index in [2.05, 4.69) is 38.9 Å².